The zero-order valence-electron chi connectivity index (χ0n) is 27.0. The van der Waals surface area contributed by atoms with Crippen LogP contribution in [0.4, 0.5) is 0 Å². The minimum absolute atomic E-state index is 1.03. The Hall–Kier alpha value is -0.440. The zero-order valence-corrected chi connectivity index (χ0v) is 27.0. The van der Waals surface area contributed by atoms with E-state index in [-0.39, 0.29) is 0 Å². The van der Waals surface area contributed by atoms with Gasteiger partial charge >= 0.3 is 0 Å². The number of piperazine rings is 1. The largest absolute Gasteiger partial charge is 0.304 e. The summed E-state index contributed by atoms with van der Waals surface area (Å²) in [6, 6.07) is 0. The molecule has 5 heterocycles. The number of likely N-dealkylation sites (N-methyl/N-ethyl adjacent to an activating group) is 1. The molecule has 5 saturated heterocycles. The van der Waals surface area contributed by atoms with Gasteiger partial charge in [0.05, 0.1) is 35.5 Å². The van der Waals surface area contributed by atoms with Crippen LogP contribution in [0.15, 0.2) is 0 Å². The number of rotatable bonds is 5. The zero-order chi connectivity index (χ0) is 29.3. The third-order valence-electron chi connectivity index (χ3n) is 7.76. The van der Waals surface area contributed by atoms with Gasteiger partial charge in [-0.05, 0) is 58.4 Å². The number of piperidine rings is 3. The lowest BCUT2D eigenvalue weighted by Gasteiger charge is -2.30. The Morgan fingerprint density at radius 3 is 0.675 bits per heavy atom. The molecule has 0 saturated carbocycles. The van der Waals surface area contributed by atoms with Crippen molar-refractivity contribution in [2.45, 2.75) is 70.6 Å². The highest BCUT2D eigenvalue weighted by atomic mass is 16.7. The molecule has 40 heavy (non-hydrogen) atoms. The van der Waals surface area contributed by atoms with E-state index in [4.69, 9.17) is 24.2 Å². The van der Waals surface area contributed by atoms with E-state index in [1.807, 2.05) is 25.3 Å². The van der Waals surface area contributed by atoms with Crippen LogP contribution >= 0.6 is 0 Å². The van der Waals surface area contributed by atoms with Crippen LogP contribution in [0.5, 0.6) is 0 Å². The second kappa shape index (κ2) is 26.2. The molecule has 0 aromatic heterocycles. The minimum atomic E-state index is 1.03. The van der Waals surface area contributed by atoms with Gasteiger partial charge in [-0.15, -0.1) is 0 Å². The van der Waals surface area contributed by atoms with Crippen molar-refractivity contribution in [2.75, 3.05) is 121 Å². The average Bonchev–Trinajstić information content (AvgIpc) is 3.58. The summed E-state index contributed by atoms with van der Waals surface area (Å²) in [6.45, 7) is 13.3. The summed E-state index contributed by atoms with van der Waals surface area (Å²) in [7, 11) is 10.8. The fraction of sp³-hybridized carbons (Fsp3) is 1.00. The molecule has 240 valence electrons. The fourth-order valence-electron chi connectivity index (χ4n) is 4.98. The van der Waals surface area contributed by atoms with Gasteiger partial charge in [-0.1, -0.05) is 19.3 Å². The third kappa shape index (κ3) is 19.6. The van der Waals surface area contributed by atoms with Crippen LogP contribution in [0, 0.1) is 0 Å². The number of hydrogen-bond donors (Lipinski definition) is 0. The minimum Gasteiger partial charge on any atom is -0.304 e. The van der Waals surface area contributed by atoms with Crippen LogP contribution in [0.1, 0.15) is 70.6 Å². The Morgan fingerprint density at radius 2 is 0.475 bits per heavy atom. The van der Waals surface area contributed by atoms with E-state index in [0.29, 0.717) is 0 Å². The van der Waals surface area contributed by atoms with E-state index in [2.05, 4.69) is 11.9 Å². The molecule has 0 radical (unpaired) electrons. The van der Waals surface area contributed by atoms with E-state index < -0.39 is 0 Å². The summed E-state index contributed by atoms with van der Waals surface area (Å²) in [5.74, 6) is 0. The summed E-state index contributed by atoms with van der Waals surface area (Å²) in [5.41, 5.74) is 0. The molecular weight excluding hydrogens is 512 g/mol. The smallest absolute Gasteiger partial charge is 0.0575 e. The molecule has 5 rings (SSSR count). The summed E-state index contributed by atoms with van der Waals surface area (Å²) in [4.78, 5) is 27.4. The average molecular weight is 577 g/mol. The Kier molecular flexibility index (Phi) is 24.6. The standard InChI is InChI=1S/C6H14N2O.3C6H13NO.C5H11NO/c1-7-3-5-8(9-2)6-4-7;3*1-8-7-5-3-2-4-6-7;1-7-6-4-2-3-5-6/h3-6H2,1-2H3;3*2-6H2,1H3;2-5H2,1H3. The molecule has 0 N–H and O–H groups in total. The van der Waals surface area contributed by atoms with Crippen molar-refractivity contribution >= 4 is 0 Å². The Labute approximate surface area is 246 Å². The molecule has 0 bridgehead atoms. The van der Waals surface area contributed by atoms with Gasteiger partial charge in [0, 0.05) is 78.5 Å². The van der Waals surface area contributed by atoms with Crippen LogP contribution < -0.4 is 0 Å². The van der Waals surface area contributed by atoms with E-state index in [1.165, 1.54) is 70.6 Å². The highest BCUT2D eigenvalue weighted by molar-refractivity contribution is 4.62. The molecule has 11 heteroatoms. The first-order chi connectivity index (χ1) is 19.6. The van der Waals surface area contributed by atoms with Gasteiger partial charge in [-0.3, -0.25) is 0 Å². The molecule has 5 aliphatic rings. The molecule has 0 amide bonds. The van der Waals surface area contributed by atoms with Crippen LogP contribution in [-0.4, -0.2) is 151 Å². The highest BCUT2D eigenvalue weighted by Crippen LogP contribution is 2.09. The normalized spacial score (nSPS) is 23.9. The number of hydroxylamine groups is 10. The summed E-state index contributed by atoms with van der Waals surface area (Å²) < 4.78 is 0. The molecule has 5 fully saturated rings. The Balaban J connectivity index is 0.000000250. The van der Waals surface area contributed by atoms with Gasteiger partial charge in [0.2, 0.25) is 0 Å². The lowest BCUT2D eigenvalue weighted by molar-refractivity contribution is -0.149. The van der Waals surface area contributed by atoms with Crippen molar-refractivity contribution < 1.29 is 24.2 Å². The first-order valence-electron chi connectivity index (χ1n) is 15.7. The Morgan fingerprint density at radius 1 is 0.275 bits per heavy atom. The molecule has 0 aromatic carbocycles. The first-order valence-corrected chi connectivity index (χ1v) is 15.7. The van der Waals surface area contributed by atoms with E-state index in [1.54, 1.807) is 35.5 Å². The maximum absolute atomic E-state index is 5.05. The lowest BCUT2D eigenvalue weighted by Crippen LogP contribution is -2.43. The van der Waals surface area contributed by atoms with Gasteiger partial charge in [-0.2, -0.15) is 25.3 Å². The first kappa shape index (κ1) is 37.6. The Bertz CT molecular complexity index is 478. The van der Waals surface area contributed by atoms with E-state index in [0.717, 1.165) is 78.5 Å². The van der Waals surface area contributed by atoms with Crippen molar-refractivity contribution in [3.05, 3.63) is 0 Å². The quantitative estimate of drug-likeness (QED) is 0.483. The maximum atomic E-state index is 5.05. The van der Waals surface area contributed by atoms with E-state index >= 15 is 0 Å². The predicted octanol–water partition coefficient (Wildman–Crippen LogP) is 3.54. The molecule has 0 atom stereocenters. The lowest BCUT2D eigenvalue weighted by atomic mass is 10.2. The van der Waals surface area contributed by atoms with Gasteiger partial charge in [0.1, 0.15) is 0 Å². The van der Waals surface area contributed by atoms with Crippen LogP contribution in [0.2, 0.25) is 0 Å². The highest BCUT2D eigenvalue weighted by Gasteiger charge is 2.12. The number of hydrogen-bond acceptors (Lipinski definition) is 11. The van der Waals surface area contributed by atoms with Crippen LogP contribution in [0.25, 0.3) is 0 Å². The second-order valence-electron chi connectivity index (χ2n) is 10.8. The van der Waals surface area contributed by atoms with Crippen molar-refractivity contribution in [3.63, 3.8) is 0 Å². The molecule has 0 unspecified atom stereocenters. The molecule has 5 aliphatic heterocycles. The fourth-order valence-corrected chi connectivity index (χ4v) is 4.98. The van der Waals surface area contributed by atoms with Gasteiger partial charge in [-0.25, -0.2) is 0 Å². The van der Waals surface area contributed by atoms with Gasteiger partial charge in [0.15, 0.2) is 0 Å². The topological polar surface area (TPSA) is 65.6 Å². The van der Waals surface area contributed by atoms with Crippen molar-refractivity contribution in [3.8, 4) is 0 Å². The second-order valence-corrected chi connectivity index (χ2v) is 10.8. The van der Waals surface area contributed by atoms with Gasteiger partial charge < -0.3 is 29.1 Å². The monoisotopic (exact) mass is 576 g/mol. The molecule has 0 aromatic rings. The summed E-state index contributed by atoms with van der Waals surface area (Å²) >= 11 is 0. The van der Waals surface area contributed by atoms with E-state index in [9.17, 15) is 0 Å². The third-order valence-corrected chi connectivity index (χ3v) is 7.76. The van der Waals surface area contributed by atoms with Crippen molar-refractivity contribution in [1.29, 1.82) is 0 Å². The summed E-state index contributed by atoms with van der Waals surface area (Å²) in [5, 5.41) is 10.0. The molecular formula is C29H64N6O5. The maximum Gasteiger partial charge on any atom is 0.0575 e. The predicted molar refractivity (Wildman–Crippen MR) is 161 cm³/mol. The molecule has 0 spiro atoms. The molecule has 0 aliphatic carbocycles. The van der Waals surface area contributed by atoms with Gasteiger partial charge in [0.25, 0.3) is 0 Å². The summed E-state index contributed by atoms with van der Waals surface area (Å²) in [6.07, 6.45) is 14.5. The van der Waals surface area contributed by atoms with Crippen LogP contribution in [-0.2, 0) is 24.2 Å². The molecule has 11 nitrogen and oxygen atoms in total. The SMILES string of the molecule is CON1CCCC1.CON1CCCCC1.CON1CCCCC1.CON1CCCCC1.CON1CCN(C)CC1. The number of nitrogens with zero attached hydrogens (tertiary/aromatic N) is 6. The van der Waals surface area contributed by atoms with Crippen molar-refractivity contribution in [1.82, 2.24) is 30.2 Å². The van der Waals surface area contributed by atoms with Crippen LogP contribution in [0.3, 0.4) is 0 Å². The van der Waals surface area contributed by atoms with Crippen molar-refractivity contribution in [2.24, 2.45) is 0 Å².